The molecule has 3 aliphatic heterocycles. The lowest BCUT2D eigenvalue weighted by atomic mass is 9.76. The first kappa shape index (κ1) is 19.2. The number of hydrogen-bond donors (Lipinski definition) is 5. The predicted octanol–water partition coefficient (Wildman–Crippen LogP) is -2.48. The summed E-state index contributed by atoms with van der Waals surface area (Å²) < 4.78 is 21.1. The van der Waals surface area contributed by atoms with Crippen molar-refractivity contribution >= 4 is 5.97 Å². The summed E-state index contributed by atoms with van der Waals surface area (Å²) in [5.74, 6) is -1.61. The van der Waals surface area contributed by atoms with E-state index in [4.69, 9.17) is 18.9 Å². The van der Waals surface area contributed by atoms with Crippen LogP contribution in [0.3, 0.4) is 0 Å². The fourth-order valence-corrected chi connectivity index (χ4v) is 3.36. The summed E-state index contributed by atoms with van der Waals surface area (Å²) in [6, 6.07) is 0. The molecule has 0 aromatic rings. The second-order valence-corrected chi connectivity index (χ2v) is 6.44. The van der Waals surface area contributed by atoms with Gasteiger partial charge in [0.15, 0.2) is 6.29 Å². The van der Waals surface area contributed by atoms with Gasteiger partial charge in [-0.05, 0) is 0 Å². The lowest BCUT2D eigenvalue weighted by Gasteiger charge is -2.46. The van der Waals surface area contributed by atoms with Gasteiger partial charge in [0.05, 0.1) is 25.4 Å². The first-order chi connectivity index (χ1) is 12.3. The molecule has 146 valence electrons. The number of esters is 1. The highest BCUT2D eigenvalue weighted by Crippen LogP contribution is 2.42. The molecule has 0 aromatic heterocycles. The maximum atomic E-state index is 11.8. The maximum Gasteiger partial charge on any atom is 0.340 e. The SMILES string of the molecule is C=C[C@@H]1[C@@H](O[C@@H]2O[C@H](CO)[C@@H](O)[C@H](O)[C@H]2O)OC=C2C(=O)OCC[C@@]21O. The van der Waals surface area contributed by atoms with E-state index in [1.807, 2.05) is 0 Å². The fourth-order valence-electron chi connectivity index (χ4n) is 3.36. The Kier molecular flexibility index (Phi) is 5.35. The Labute approximate surface area is 148 Å². The van der Waals surface area contributed by atoms with Crippen molar-refractivity contribution in [2.24, 2.45) is 5.92 Å². The van der Waals surface area contributed by atoms with Crippen molar-refractivity contribution in [2.45, 2.75) is 49.0 Å². The Hall–Kier alpha value is -1.53. The zero-order valence-corrected chi connectivity index (χ0v) is 13.8. The number of ether oxygens (including phenoxy) is 4. The molecule has 0 amide bonds. The highest BCUT2D eigenvalue weighted by molar-refractivity contribution is 5.91. The third-order valence-corrected chi connectivity index (χ3v) is 4.94. The lowest BCUT2D eigenvalue weighted by molar-refractivity contribution is -0.344. The van der Waals surface area contributed by atoms with Crippen LogP contribution >= 0.6 is 0 Å². The van der Waals surface area contributed by atoms with Crippen LogP contribution in [0.5, 0.6) is 0 Å². The minimum Gasteiger partial charge on any atom is -0.471 e. The number of carbonyl (C=O) groups excluding carboxylic acids is 1. The van der Waals surface area contributed by atoms with Gasteiger partial charge in [-0.15, -0.1) is 6.58 Å². The molecule has 0 unspecified atom stereocenters. The topological polar surface area (TPSA) is 155 Å². The second-order valence-electron chi connectivity index (χ2n) is 6.44. The molecule has 2 saturated heterocycles. The summed E-state index contributed by atoms with van der Waals surface area (Å²) in [4.78, 5) is 11.8. The van der Waals surface area contributed by atoms with Crippen LogP contribution in [-0.4, -0.2) is 87.3 Å². The summed E-state index contributed by atoms with van der Waals surface area (Å²) in [6.45, 7) is 3.03. The van der Waals surface area contributed by atoms with Gasteiger partial charge < -0.3 is 44.5 Å². The summed E-state index contributed by atoms with van der Waals surface area (Å²) in [5.41, 5.74) is -1.70. The normalized spacial score (nSPS) is 45.8. The second kappa shape index (κ2) is 7.24. The average molecular weight is 374 g/mol. The molecular formula is C16H22O10. The van der Waals surface area contributed by atoms with Crippen molar-refractivity contribution in [3.8, 4) is 0 Å². The van der Waals surface area contributed by atoms with Crippen LogP contribution in [0, 0.1) is 5.92 Å². The van der Waals surface area contributed by atoms with E-state index >= 15 is 0 Å². The molecular weight excluding hydrogens is 352 g/mol. The molecule has 3 rings (SSSR count). The van der Waals surface area contributed by atoms with Gasteiger partial charge in [0.25, 0.3) is 0 Å². The van der Waals surface area contributed by atoms with Gasteiger partial charge in [-0.2, -0.15) is 0 Å². The Morgan fingerprint density at radius 1 is 1.27 bits per heavy atom. The van der Waals surface area contributed by atoms with Crippen LogP contribution in [0.2, 0.25) is 0 Å². The van der Waals surface area contributed by atoms with Gasteiger partial charge in [-0.25, -0.2) is 4.79 Å². The minimum absolute atomic E-state index is 0.00375. The van der Waals surface area contributed by atoms with Crippen LogP contribution in [0.1, 0.15) is 6.42 Å². The van der Waals surface area contributed by atoms with Crippen molar-refractivity contribution in [1.82, 2.24) is 0 Å². The molecule has 10 nitrogen and oxygen atoms in total. The Morgan fingerprint density at radius 2 is 2.00 bits per heavy atom. The average Bonchev–Trinajstić information content (AvgIpc) is 2.61. The number of carbonyl (C=O) groups is 1. The monoisotopic (exact) mass is 374 g/mol. The summed E-state index contributed by atoms with van der Waals surface area (Å²) >= 11 is 0. The van der Waals surface area contributed by atoms with Crippen LogP contribution in [-0.2, 0) is 23.7 Å². The molecule has 0 radical (unpaired) electrons. The number of aliphatic hydroxyl groups excluding tert-OH is 4. The fraction of sp³-hybridized carbons (Fsp3) is 0.688. The smallest absolute Gasteiger partial charge is 0.340 e. The van der Waals surface area contributed by atoms with Crippen molar-refractivity contribution in [2.75, 3.05) is 13.2 Å². The predicted molar refractivity (Wildman–Crippen MR) is 82.0 cm³/mol. The lowest BCUT2D eigenvalue weighted by Crippen LogP contribution is -2.61. The molecule has 0 bridgehead atoms. The molecule has 3 heterocycles. The first-order valence-corrected chi connectivity index (χ1v) is 8.17. The van der Waals surface area contributed by atoms with E-state index in [1.54, 1.807) is 0 Å². The van der Waals surface area contributed by atoms with Crippen LogP contribution in [0.25, 0.3) is 0 Å². The van der Waals surface area contributed by atoms with Crippen molar-refractivity contribution in [3.05, 3.63) is 24.5 Å². The summed E-state index contributed by atoms with van der Waals surface area (Å²) in [6.07, 6.45) is -6.10. The van der Waals surface area contributed by atoms with Crippen LogP contribution < -0.4 is 0 Å². The molecule has 0 spiro atoms. The minimum atomic E-state index is -1.63. The largest absolute Gasteiger partial charge is 0.471 e. The molecule has 26 heavy (non-hydrogen) atoms. The van der Waals surface area contributed by atoms with Gasteiger partial charge in [0, 0.05) is 6.42 Å². The summed E-state index contributed by atoms with van der Waals surface area (Å²) in [7, 11) is 0. The number of hydrogen-bond acceptors (Lipinski definition) is 10. The summed E-state index contributed by atoms with van der Waals surface area (Å²) in [5, 5.41) is 49.9. The van der Waals surface area contributed by atoms with Gasteiger partial charge in [0.2, 0.25) is 6.29 Å². The zero-order valence-electron chi connectivity index (χ0n) is 13.8. The molecule has 0 aliphatic carbocycles. The molecule has 5 N–H and O–H groups in total. The quantitative estimate of drug-likeness (QED) is 0.264. The number of cyclic esters (lactones) is 1. The number of rotatable bonds is 4. The van der Waals surface area contributed by atoms with E-state index < -0.39 is 61.1 Å². The van der Waals surface area contributed by atoms with Crippen molar-refractivity contribution in [1.29, 1.82) is 0 Å². The van der Waals surface area contributed by atoms with Crippen molar-refractivity contribution in [3.63, 3.8) is 0 Å². The van der Waals surface area contributed by atoms with E-state index in [-0.39, 0.29) is 18.6 Å². The molecule has 10 heteroatoms. The molecule has 3 aliphatic rings. The molecule has 0 saturated carbocycles. The Morgan fingerprint density at radius 3 is 2.65 bits per heavy atom. The highest BCUT2D eigenvalue weighted by atomic mass is 16.8. The van der Waals surface area contributed by atoms with Gasteiger partial charge >= 0.3 is 5.97 Å². The Balaban J connectivity index is 1.81. The maximum absolute atomic E-state index is 11.8. The molecule has 0 aromatic carbocycles. The van der Waals surface area contributed by atoms with E-state index in [2.05, 4.69) is 6.58 Å². The van der Waals surface area contributed by atoms with E-state index in [1.165, 1.54) is 6.08 Å². The number of aliphatic hydroxyl groups is 5. The van der Waals surface area contributed by atoms with Crippen LogP contribution in [0.4, 0.5) is 0 Å². The van der Waals surface area contributed by atoms with E-state index in [0.717, 1.165) is 6.26 Å². The Bertz CT molecular complexity index is 590. The van der Waals surface area contributed by atoms with Gasteiger partial charge in [-0.1, -0.05) is 6.08 Å². The third-order valence-electron chi connectivity index (χ3n) is 4.94. The molecule has 2 fully saturated rings. The number of fused-ring (bicyclic) bond motifs is 1. The first-order valence-electron chi connectivity index (χ1n) is 8.17. The third kappa shape index (κ3) is 3.03. The molecule has 8 atom stereocenters. The highest BCUT2D eigenvalue weighted by Gasteiger charge is 2.54. The zero-order chi connectivity index (χ0) is 19.1. The van der Waals surface area contributed by atoms with E-state index in [9.17, 15) is 30.3 Å². The van der Waals surface area contributed by atoms with Crippen molar-refractivity contribution < 1.29 is 49.3 Å². The van der Waals surface area contributed by atoms with Gasteiger partial charge in [-0.3, -0.25) is 0 Å². The van der Waals surface area contributed by atoms with Gasteiger partial charge in [0.1, 0.15) is 35.6 Å². The van der Waals surface area contributed by atoms with Crippen LogP contribution in [0.15, 0.2) is 24.5 Å². The van der Waals surface area contributed by atoms with E-state index in [0.29, 0.717) is 0 Å². The standard InChI is InChI=1S/C16H22O10/c1-2-7-14(24-6-8-13(21)23-4-3-16(7,8)22)26-15-12(20)11(19)10(18)9(5-17)25-15/h2,6-7,9-12,14-15,17-20,22H,1,3-5H2/t7-,9-,10-,11+,12-,14-,15+,16+/m1/s1.